The Morgan fingerprint density at radius 2 is 1.89 bits per heavy atom. The summed E-state index contributed by atoms with van der Waals surface area (Å²) >= 11 is 5.81. The highest BCUT2D eigenvalue weighted by Gasteiger charge is 2.39. The van der Waals surface area contributed by atoms with E-state index in [1.807, 2.05) is 0 Å². The van der Waals surface area contributed by atoms with Crippen molar-refractivity contribution in [1.82, 2.24) is 5.32 Å². The molecule has 0 unspecified atom stereocenters. The summed E-state index contributed by atoms with van der Waals surface area (Å²) < 4.78 is 5.46. The minimum Gasteiger partial charge on any atom is -0.368 e. The zero-order valence-corrected chi connectivity index (χ0v) is 12.3. The number of rotatable bonds is 3. The predicted molar refractivity (Wildman–Crippen MR) is 79.2 cm³/mol. The minimum absolute atomic E-state index is 0. The molecule has 0 saturated carbocycles. The van der Waals surface area contributed by atoms with Crippen LogP contribution in [0.3, 0.4) is 0 Å². The van der Waals surface area contributed by atoms with Crippen molar-refractivity contribution in [2.45, 2.75) is 18.4 Å². The van der Waals surface area contributed by atoms with Crippen LogP contribution < -0.4 is 10.6 Å². The van der Waals surface area contributed by atoms with Gasteiger partial charge < -0.3 is 15.4 Å². The summed E-state index contributed by atoms with van der Waals surface area (Å²) in [6.07, 6.45) is 1.37. The third-order valence-electron chi connectivity index (χ3n) is 3.32. The molecule has 1 aromatic carbocycles. The van der Waals surface area contributed by atoms with Crippen LogP contribution in [-0.2, 0) is 9.53 Å². The second kappa shape index (κ2) is 7.10. The number of nitrogens with one attached hydrogen (secondary N) is 2. The van der Waals surface area contributed by atoms with Gasteiger partial charge in [-0.3, -0.25) is 4.79 Å². The van der Waals surface area contributed by atoms with E-state index in [9.17, 15) is 4.79 Å². The summed E-state index contributed by atoms with van der Waals surface area (Å²) in [5.41, 5.74) is 0.0181. The van der Waals surface area contributed by atoms with Gasteiger partial charge in [-0.15, -0.1) is 12.4 Å². The molecule has 19 heavy (non-hydrogen) atoms. The van der Waals surface area contributed by atoms with Gasteiger partial charge in [0.15, 0.2) is 0 Å². The molecule has 106 valence electrons. The molecule has 2 N–H and O–H groups in total. The Kier molecular flexibility index (Phi) is 6.07. The van der Waals surface area contributed by atoms with Crippen molar-refractivity contribution < 1.29 is 9.53 Å². The lowest BCUT2D eigenvalue weighted by Crippen LogP contribution is -2.51. The summed E-state index contributed by atoms with van der Waals surface area (Å²) in [4.78, 5) is 12.3. The Morgan fingerprint density at radius 1 is 1.32 bits per heavy atom. The molecule has 1 heterocycles. The quantitative estimate of drug-likeness (QED) is 0.902. The van der Waals surface area contributed by atoms with E-state index >= 15 is 0 Å². The van der Waals surface area contributed by atoms with Crippen LogP contribution in [0.2, 0.25) is 5.02 Å². The first-order valence-corrected chi connectivity index (χ1v) is 6.37. The van der Waals surface area contributed by atoms with Gasteiger partial charge in [0.1, 0.15) is 5.60 Å². The number of carbonyl (C=O) groups is 1. The van der Waals surface area contributed by atoms with Gasteiger partial charge in [-0.25, -0.2) is 0 Å². The van der Waals surface area contributed by atoms with Crippen molar-refractivity contribution in [3.05, 3.63) is 29.3 Å². The van der Waals surface area contributed by atoms with Gasteiger partial charge in [0.05, 0.1) is 0 Å². The van der Waals surface area contributed by atoms with E-state index in [0.717, 1.165) is 18.8 Å². The third kappa shape index (κ3) is 3.83. The molecule has 1 fully saturated rings. The first-order valence-electron chi connectivity index (χ1n) is 5.99. The number of hydrogen-bond acceptors (Lipinski definition) is 3. The zero-order valence-electron chi connectivity index (χ0n) is 10.7. The normalized spacial score (nSPS) is 17.4. The molecule has 6 heteroatoms. The SMILES string of the molecule is COC1(C(=O)Nc2ccc(Cl)cc2)CCNCC1.Cl. The van der Waals surface area contributed by atoms with Crippen LogP contribution in [0.5, 0.6) is 0 Å². The first kappa shape index (κ1) is 16.2. The van der Waals surface area contributed by atoms with Crippen molar-refractivity contribution in [3.63, 3.8) is 0 Å². The fraction of sp³-hybridized carbons (Fsp3) is 0.462. The fourth-order valence-electron chi connectivity index (χ4n) is 2.13. The van der Waals surface area contributed by atoms with E-state index in [1.165, 1.54) is 0 Å². The molecule has 1 aliphatic heterocycles. The number of piperidine rings is 1. The van der Waals surface area contributed by atoms with Gasteiger partial charge in [0.25, 0.3) is 5.91 Å². The lowest BCUT2D eigenvalue weighted by atomic mass is 9.91. The maximum atomic E-state index is 12.3. The third-order valence-corrected chi connectivity index (χ3v) is 3.57. The highest BCUT2D eigenvalue weighted by Crippen LogP contribution is 2.24. The van der Waals surface area contributed by atoms with Crippen LogP contribution in [0, 0.1) is 0 Å². The zero-order chi connectivity index (χ0) is 13.0. The number of anilines is 1. The lowest BCUT2D eigenvalue weighted by Gasteiger charge is -2.34. The molecule has 0 aliphatic carbocycles. The number of methoxy groups -OCH3 is 1. The van der Waals surface area contributed by atoms with Crippen molar-refractivity contribution >= 4 is 35.6 Å². The second-order valence-corrected chi connectivity index (χ2v) is 4.85. The Morgan fingerprint density at radius 3 is 2.42 bits per heavy atom. The number of benzene rings is 1. The van der Waals surface area contributed by atoms with Crippen molar-refractivity contribution in [3.8, 4) is 0 Å². The Hall–Kier alpha value is -0.810. The second-order valence-electron chi connectivity index (χ2n) is 4.41. The van der Waals surface area contributed by atoms with Gasteiger partial charge in [-0.1, -0.05) is 11.6 Å². The predicted octanol–water partition coefficient (Wildman–Crippen LogP) is 2.47. The molecule has 1 amide bonds. The number of halogens is 2. The van der Waals surface area contributed by atoms with E-state index in [-0.39, 0.29) is 18.3 Å². The maximum absolute atomic E-state index is 12.3. The number of amides is 1. The molecule has 0 bridgehead atoms. The van der Waals surface area contributed by atoms with E-state index in [2.05, 4.69) is 10.6 Å². The van der Waals surface area contributed by atoms with Crippen molar-refractivity contribution in [1.29, 1.82) is 0 Å². The van der Waals surface area contributed by atoms with Gasteiger partial charge in [-0.2, -0.15) is 0 Å². The van der Waals surface area contributed by atoms with E-state index in [1.54, 1.807) is 31.4 Å². The van der Waals surface area contributed by atoms with E-state index < -0.39 is 5.60 Å². The van der Waals surface area contributed by atoms with Crippen LogP contribution in [0.15, 0.2) is 24.3 Å². The Balaban J connectivity index is 0.00000180. The van der Waals surface area contributed by atoms with E-state index in [0.29, 0.717) is 17.9 Å². The Bertz CT molecular complexity index is 417. The summed E-state index contributed by atoms with van der Waals surface area (Å²) in [6.45, 7) is 1.59. The maximum Gasteiger partial charge on any atom is 0.256 e. The summed E-state index contributed by atoms with van der Waals surface area (Å²) in [5, 5.41) is 6.75. The van der Waals surface area contributed by atoms with Gasteiger partial charge >= 0.3 is 0 Å². The first-order chi connectivity index (χ1) is 8.66. The molecule has 0 spiro atoms. The molecule has 1 aliphatic rings. The summed E-state index contributed by atoms with van der Waals surface area (Å²) in [7, 11) is 1.59. The van der Waals surface area contributed by atoms with Crippen LogP contribution >= 0.6 is 24.0 Å². The van der Waals surface area contributed by atoms with Crippen LogP contribution in [0.4, 0.5) is 5.69 Å². The highest BCUT2D eigenvalue weighted by atomic mass is 35.5. The molecule has 0 atom stereocenters. The lowest BCUT2D eigenvalue weighted by molar-refractivity contribution is -0.140. The smallest absolute Gasteiger partial charge is 0.256 e. The molecule has 2 rings (SSSR count). The largest absolute Gasteiger partial charge is 0.368 e. The summed E-state index contributed by atoms with van der Waals surface area (Å²) in [6, 6.07) is 7.06. The minimum atomic E-state index is -0.717. The average Bonchev–Trinajstić information content (AvgIpc) is 2.42. The molecular weight excluding hydrogens is 287 g/mol. The van der Waals surface area contributed by atoms with Crippen LogP contribution in [0.25, 0.3) is 0 Å². The average molecular weight is 305 g/mol. The Labute approximate surface area is 124 Å². The van der Waals surface area contributed by atoms with E-state index in [4.69, 9.17) is 16.3 Å². The molecule has 1 aromatic rings. The summed E-state index contributed by atoms with van der Waals surface area (Å²) in [5.74, 6) is -0.0891. The van der Waals surface area contributed by atoms with Crippen molar-refractivity contribution in [2.24, 2.45) is 0 Å². The monoisotopic (exact) mass is 304 g/mol. The van der Waals surface area contributed by atoms with Gasteiger partial charge in [-0.05, 0) is 50.2 Å². The number of hydrogen-bond donors (Lipinski definition) is 2. The molecule has 4 nitrogen and oxygen atoms in total. The van der Waals surface area contributed by atoms with Crippen LogP contribution in [0.1, 0.15) is 12.8 Å². The molecule has 1 saturated heterocycles. The number of ether oxygens (including phenoxy) is 1. The van der Waals surface area contributed by atoms with Gasteiger partial charge in [0, 0.05) is 17.8 Å². The fourth-order valence-corrected chi connectivity index (χ4v) is 2.26. The molecule has 0 aromatic heterocycles. The molecular formula is C13H18Cl2N2O2. The van der Waals surface area contributed by atoms with Crippen LogP contribution in [-0.4, -0.2) is 31.7 Å². The molecule has 0 radical (unpaired) electrons. The van der Waals surface area contributed by atoms with Crippen molar-refractivity contribution in [2.75, 3.05) is 25.5 Å². The number of carbonyl (C=O) groups excluding carboxylic acids is 1. The highest BCUT2D eigenvalue weighted by molar-refractivity contribution is 6.30. The standard InChI is InChI=1S/C13H17ClN2O2.ClH/c1-18-13(6-8-15-9-7-13)12(17)16-11-4-2-10(14)3-5-11;/h2-5,15H,6-9H2,1H3,(H,16,17);1H. The van der Waals surface area contributed by atoms with Gasteiger partial charge in [0.2, 0.25) is 0 Å². The topological polar surface area (TPSA) is 50.4 Å².